The maximum Gasteiger partial charge on any atom is 0.135 e. The van der Waals surface area contributed by atoms with Crippen molar-refractivity contribution in [1.29, 1.82) is 0 Å². The zero-order valence-electron chi connectivity index (χ0n) is 6.27. The minimum absolute atomic E-state index is 0.242. The highest BCUT2D eigenvalue weighted by Gasteiger charge is 2.67. The molecule has 2 aliphatic rings. The highest BCUT2D eigenvalue weighted by molar-refractivity contribution is 5.16. The third-order valence-corrected chi connectivity index (χ3v) is 3.05. The predicted molar refractivity (Wildman–Crippen MR) is 36.6 cm³/mol. The van der Waals surface area contributed by atoms with Crippen LogP contribution < -0.4 is 0 Å². The van der Waals surface area contributed by atoms with E-state index in [9.17, 15) is 4.39 Å². The minimum atomic E-state index is -0.653. The maximum atomic E-state index is 13.0. The zero-order chi connectivity index (χ0) is 7.19. The van der Waals surface area contributed by atoms with Gasteiger partial charge in [0, 0.05) is 13.0 Å². The molecule has 0 heterocycles. The Kier molecular flexibility index (Phi) is 1.28. The van der Waals surface area contributed by atoms with Gasteiger partial charge in [0.05, 0.1) is 0 Å². The summed E-state index contributed by atoms with van der Waals surface area (Å²) in [7, 11) is 1.64. The number of halogens is 1. The van der Waals surface area contributed by atoms with E-state index in [0.29, 0.717) is 0 Å². The number of methoxy groups -OCH3 is 1. The molecule has 0 unspecified atom stereocenters. The molecule has 1 nitrogen and oxygen atoms in total. The Morgan fingerprint density at radius 3 is 2.80 bits per heavy atom. The van der Waals surface area contributed by atoms with Crippen molar-refractivity contribution in [3.05, 3.63) is 0 Å². The van der Waals surface area contributed by atoms with Crippen LogP contribution in [-0.4, -0.2) is 18.9 Å². The third-order valence-electron chi connectivity index (χ3n) is 3.05. The van der Waals surface area contributed by atoms with Crippen molar-refractivity contribution in [3.8, 4) is 0 Å². The van der Waals surface area contributed by atoms with Crippen LogP contribution in [0.25, 0.3) is 0 Å². The van der Waals surface area contributed by atoms with Crippen LogP contribution in [0.2, 0.25) is 0 Å². The highest BCUT2D eigenvalue weighted by atomic mass is 19.1. The van der Waals surface area contributed by atoms with Gasteiger partial charge in [-0.3, -0.25) is 0 Å². The molecule has 58 valence electrons. The van der Waals surface area contributed by atoms with Crippen molar-refractivity contribution < 1.29 is 9.13 Å². The molecule has 0 aliphatic heterocycles. The molecule has 2 aliphatic carbocycles. The highest BCUT2D eigenvalue weighted by Crippen LogP contribution is 2.57. The Balaban J connectivity index is 2.09. The van der Waals surface area contributed by atoms with Crippen LogP contribution in [0.3, 0.4) is 0 Å². The summed E-state index contributed by atoms with van der Waals surface area (Å²) in [4.78, 5) is 0. The minimum Gasteiger partial charge on any atom is -0.375 e. The van der Waals surface area contributed by atoms with Gasteiger partial charge in [0.1, 0.15) is 11.8 Å². The van der Waals surface area contributed by atoms with Gasteiger partial charge in [-0.1, -0.05) is 12.8 Å². The topological polar surface area (TPSA) is 9.23 Å². The second-order valence-corrected chi connectivity index (χ2v) is 3.41. The van der Waals surface area contributed by atoms with E-state index in [4.69, 9.17) is 4.74 Å². The lowest BCUT2D eigenvalue weighted by Crippen LogP contribution is -2.20. The van der Waals surface area contributed by atoms with Gasteiger partial charge < -0.3 is 4.74 Å². The number of rotatable bonds is 1. The lowest BCUT2D eigenvalue weighted by molar-refractivity contribution is 0.0305. The fraction of sp³-hybridized carbons (Fsp3) is 1.00. The number of fused-ring (bicyclic) bond motifs is 1. The molecule has 2 rings (SSSR count). The summed E-state index contributed by atoms with van der Waals surface area (Å²) in [6.45, 7) is 0. The van der Waals surface area contributed by atoms with Crippen molar-refractivity contribution in [2.75, 3.05) is 7.11 Å². The predicted octanol–water partition coefficient (Wildman–Crippen LogP) is 1.91. The van der Waals surface area contributed by atoms with E-state index in [1.165, 1.54) is 6.42 Å². The Labute approximate surface area is 60.6 Å². The van der Waals surface area contributed by atoms with Gasteiger partial charge in [-0.25, -0.2) is 4.39 Å². The van der Waals surface area contributed by atoms with Gasteiger partial charge >= 0.3 is 0 Å². The summed E-state index contributed by atoms with van der Waals surface area (Å²) in [5, 5.41) is 0. The van der Waals surface area contributed by atoms with Crippen molar-refractivity contribution in [3.63, 3.8) is 0 Å². The molecule has 2 saturated carbocycles. The van der Waals surface area contributed by atoms with Crippen molar-refractivity contribution >= 4 is 0 Å². The van der Waals surface area contributed by atoms with E-state index >= 15 is 0 Å². The van der Waals surface area contributed by atoms with Gasteiger partial charge in [0.25, 0.3) is 0 Å². The van der Waals surface area contributed by atoms with E-state index < -0.39 is 6.17 Å². The first kappa shape index (κ1) is 6.59. The molecule has 0 radical (unpaired) electrons. The van der Waals surface area contributed by atoms with Crippen LogP contribution in [0, 0.1) is 5.92 Å². The molecular weight excluding hydrogens is 131 g/mol. The summed E-state index contributed by atoms with van der Waals surface area (Å²) in [5.74, 6) is 0.242. The summed E-state index contributed by atoms with van der Waals surface area (Å²) in [6, 6.07) is 0. The van der Waals surface area contributed by atoms with Gasteiger partial charge in [-0.15, -0.1) is 0 Å². The fourth-order valence-corrected chi connectivity index (χ4v) is 2.29. The summed E-state index contributed by atoms with van der Waals surface area (Å²) in [6.07, 6.45) is 3.66. The van der Waals surface area contributed by atoms with E-state index in [1.54, 1.807) is 7.11 Å². The first-order chi connectivity index (χ1) is 4.81. The molecule has 0 aromatic rings. The fourth-order valence-electron chi connectivity index (χ4n) is 2.29. The molecule has 0 N–H and O–H groups in total. The molecule has 3 atom stereocenters. The van der Waals surface area contributed by atoms with Crippen molar-refractivity contribution in [2.24, 2.45) is 5.92 Å². The smallest absolute Gasteiger partial charge is 0.135 e. The van der Waals surface area contributed by atoms with Crippen LogP contribution in [0.1, 0.15) is 25.7 Å². The lowest BCUT2D eigenvalue weighted by atomic mass is 9.98. The molecule has 2 heteroatoms. The second-order valence-electron chi connectivity index (χ2n) is 3.41. The zero-order valence-corrected chi connectivity index (χ0v) is 6.27. The van der Waals surface area contributed by atoms with Crippen LogP contribution in [0.15, 0.2) is 0 Å². The molecule has 0 bridgehead atoms. The molecule has 0 saturated heterocycles. The molecule has 10 heavy (non-hydrogen) atoms. The first-order valence-corrected chi connectivity index (χ1v) is 4.00. The monoisotopic (exact) mass is 144 g/mol. The summed E-state index contributed by atoms with van der Waals surface area (Å²) in [5.41, 5.74) is -0.321. The van der Waals surface area contributed by atoms with E-state index in [1.807, 2.05) is 0 Å². The Bertz CT molecular complexity index is 148. The third kappa shape index (κ3) is 0.605. The summed E-state index contributed by atoms with van der Waals surface area (Å²) < 4.78 is 18.2. The van der Waals surface area contributed by atoms with Crippen LogP contribution in [0.4, 0.5) is 4.39 Å². The van der Waals surface area contributed by atoms with Gasteiger partial charge in [-0.05, 0) is 12.8 Å². The standard InChI is InChI=1S/C8H13FO/c1-10-8-5-3-2-4-6(8)7(8)9/h6-7H,2-5H2,1H3/t6-,7+,8+/m0/s1. The van der Waals surface area contributed by atoms with Gasteiger partial charge in [0.2, 0.25) is 0 Å². The number of hydrogen-bond donors (Lipinski definition) is 0. The largest absolute Gasteiger partial charge is 0.375 e. The normalized spacial score (nSPS) is 52.2. The number of hydrogen-bond acceptors (Lipinski definition) is 1. The second kappa shape index (κ2) is 1.94. The van der Waals surface area contributed by atoms with Crippen LogP contribution in [-0.2, 0) is 4.74 Å². The van der Waals surface area contributed by atoms with E-state index in [-0.39, 0.29) is 11.5 Å². The molecule has 0 aromatic heterocycles. The van der Waals surface area contributed by atoms with E-state index in [0.717, 1.165) is 19.3 Å². The van der Waals surface area contributed by atoms with Crippen LogP contribution >= 0.6 is 0 Å². The molecular formula is C8H13FO. The van der Waals surface area contributed by atoms with E-state index in [2.05, 4.69) is 0 Å². The Morgan fingerprint density at radius 2 is 2.30 bits per heavy atom. The number of alkyl halides is 1. The average Bonchev–Trinajstić information content (AvgIpc) is 2.60. The van der Waals surface area contributed by atoms with Crippen molar-refractivity contribution in [1.82, 2.24) is 0 Å². The lowest BCUT2D eigenvalue weighted by Gasteiger charge is -2.18. The van der Waals surface area contributed by atoms with Gasteiger partial charge in [0.15, 0.2) is 0 Å². The van der Waals surface area contributed by atoms with Gasteiger partial charge in [-0.2, -0.15) is 0 Å². The number of ether oxygens (including phenoxy) is 1. The molecule has 0 amide bonds. The summed E-state index contributed by atoms with van der Waals surface area (Å²) >= 11 is 0. The molecule has 2 fully saturated rings. The first-order valence-electron chi connectivity index (χ1n) is 4.00. The Morgan fingerprint density at radius 1 is 1.50 bits per heavy atom. The van der Waals surface area contributed by atoms with Crippen molar-refractivity contribution in [2.45, 2.75) is 37.5 Å². The Hall–Kier alpha value is -0.110. The average molecular weight is 144 g/mol. The quantitative estimate of drug-likeness (QED) is 0.546. The molecule has 0 aromatic carbocycles. The maximum absolute atomic E-state index is 13.0. The van der Waals surface area contributed by atoms with Crippen LogP contribution in [0.5, 0.6) is 0 Å². The molecule has 0 spiro atoms. The SMILES string of the molecule is CO[C@]12CCCC[C@H]1[C@H]2F.